The molecule has 0 atom stereocenters. The van der Waals surface area contributed by atoms with Gasteiger partial charge in [-0.05, 0) is 45.4 Å². The SMILES string of the molecule is CCN(C(=O)C(C)(C)C(=O)NCCN1CCOCC1)c1cccc(C)c1. The van der Waals surface area contributed by atoms with Gasteiger partial charge in [0, 0.05) is 38.4 Å². The first kappa shape index (κ1) is 20.4. The third kappa shape index (κ3) is 5.05. The van der Waals surface area contributed by atoms with E-state index in [9.17, 15) is 9.59 Å². The van der Waals surface area contributed by atoms with E-state index in [1.807, 2.05) is 38.1 Å². The second-order valence-corrected chi connectivity index (χ2v) is 7.22. The van der Waals surface area contributed by atoms with Crippen molar-refractivity contribution in [3.63, 3.8) is 0 Å². The molecule has 1 saturated heterocycles. The van der Waals surface area contributed by atoms with Gasteiger partial charge in [-0.2, -0.15) is 0 Å². The summed E-state index contributed by atoms with van der Waals surface area (Å²) >= 11 is 0. The number of amides is 2. The molecule has 1 N–H and O–H groups in total. The van der Waals surface area contributed by atoms with Crippen LogP contribution in [0.2, 0.25) is 0 Å². The van der Waals surface area contributed by atoms with E-state index in [0.29, 0.717) is 13.1 Å². The van der Waals surface area contributed by atoms with Crippen LogP contribution in [0, 0.1) is 12.3 Å². The van der Waals surface area contributed by atoms with Crippen molar-refractivity contribution in [1.29, 1.82) is 0 Å². The number of carbonyl (C=O) groups excluding carboxylic acids is 2. The maximum Gasteiger partial charge on any atom is 0.242 e. The maximum atomic E-state index is 13.1. The number of nitrogens with one attached hydrogen (secondary N) is 1. The Balaban J connectivity index is 1.96. The zero-order chi connectivity index (χ0) is 19.2. The number of carbonyl (C=O) groups is 2. The average Bonchev–Trinajstić information content (AvgIpc) is 2.63. The second-order valence-electron chi connectivity index (χ2n) is 7.22. The summed E-state index contributed by atoms with van der Waals surface area (Å²) in [4.78, 5) is 29.6. The summed E-state index contributed by atoms with van der Waals surface area (Å²) in [6.07, 6.45) is 0. The predicted molar refractivity (Wildman–Crippen MR) is 103 cm³/mol. The fourth-order valence-corrected chi connectivity index (χ4v) is 3.05. The van der Waals surface area contributed by atoms with Crippen LogP contribution in [-0.2, 0) is 14.3 Å². The lowest BCUT2D eigenvalue weighted by atomic mass is 9.90. The van der Waals surface area contributed by atoms with E-state index < -0.39 is 5.41 Å². The topological polar surface area (TPSA) is 61.9 Å². The fraction of sp³-hybridized carbons (Fsp3) is 0.600. The molecule has 1 aliphatic heterocycles. The van der Waals surface area contributed by atoms with Crippen LogP contribution >= 0.6 is 0 Å². The van der Waals surface area contributed by atoms with Crippen LogP contribution in [0.25, 0.3) is 0 Å². The largest absolute Gasteiger partial charge is 0.379 e. The number of benzene rings is 1. The molecule has 0 radical (unpaired) electrons. The van der Waals surface area contributed by atoms with Crippen molar-refractivity contribution in [3.8, 4) is 0 Å². The third-order valence-corrected chi connectivity index (χ3v) is 4.79. The average molecular weight is 361 g/mol. The highest BCUT2D eigenvalue weighted by Crippen LogP contribution is 2.24. The molecule has 1 aromatic rings. The number of anilines is 1. The summed E-state index contributed by atoms with van der Waals surface area (Å²) in [5.74, 6) is -0.420. The molecule has 2 rings (SSSR count). The highest BCUT2D eigenvalue weighted by molar-refractivity contribution is 6.11. The lowest BCUT2D eigenvalue weighted by molar-refractivity contribution is -0.139. The van der Waals surface area contributed by atoms with E-state index in [2.05, 4.69) is 10.2 Å². The molecule has 1 aromatic carbocycles. The van der Waals surface area contributed by atoms with E-state index in [0.717, 1.165) is 44.1 Å². The normalized spacial score (nSPS) is 15.5. The van der Waals surface area contributed by atoms with Crippen molar-refractivity contribution < 1.29 is 14.3 Å². The number of ether oxygens (including phenoxy) is 1. The number of nitrogens with zero attached hydrogens (tertiary/aromatic N) is 2. The number of morpholine rings is 1. The van der Waals surface area contributed by atoms with Gasteiger partial charge < -0.3 is 15.0 Å². The molecule has 0 saturated carbocycles. The first-order valence-electron chi connectivity index (χ1n) is 9.33. The van der Waals surface area contributed by atoms with Gasteiger partial charge in [0.05, 0.1) is 13.2 Å². The molecule has 0 aromatic heterocycles. The molecule has 0 bridgehead atoms. The van der Waals surface area contributed by atoms with Crippen molar-refractivity contribution in [3.05, 3.63) is 29.8 Å². The van der Waals surface area contributed by atoms with Gasteiger partial charge >= 0.3 is 0 Å². The van der Waals surface area contributed by atoms with Gasteiger partial charge in [-0.15, -0.1) is 0 Å². The van der Waals surface area contributed by atoms with Crippen LogP contribution in [-0.4, -0.2) is 62.7 Å². The number of hydrogen-bond acceptors (Lipinski definition) is 4. The third-order valence-electron chi connectivity index (χ3n) is 4.79. The standard InChI is InChI=1S/C20H31N3O3/c1-5-23(17-8-6-7-16(2)15-17)19(25)20(3,4)18(24)21-9-10-22-11-13-26-14-12-22/h6-8,15H,5,9-14H2,1-4H3,(H,21,24). The highest BCUT2D eigenvalue weighted by atomic mass is 16.5. The maximum absolute atomic E-state index is 13.1. The Morgan fingerprint density at radius 2 is 1.96 bits per heavy atom. The Morgan fingerprint density at radius 1 is 1.27 bits per heavy atom. The summed E-state index contributed by atoms with van der Waals surface area (Å²) in [6, 6.07) is 7.79. The Hall–Kier alpha value is -1.92. The molecule has 144 valence electrons. The molecule has 6 heteroatoms. The summed E-state index contributed by atoms with van der Waals surface area (Å²) in [7, 11) is 0. The van der Waals surface area contributed by atoms with Crippen molar-refractivity contribution in [2.24, 2.45) is 5.41 Å². The van der Waals surface area contributed by atoms with Crippen LogP contribution in [0.4, 0.5) is 5.69 Å². The zero-order valence-corrected chi connectivity index (χ0v) is 16.4. The predicted octanol–water partition coefficient (Wildman–Crippen LogP) is 1.82. The van der Waals surface area contributed by atoms with E-state index in [-0.39, 0.29) is 11.8 Å². The summed E-state index contributed by atoms with van der Waals surface area (Å²) < 4.78 is 5.32. The molecule has 26 heavy (non-hydrogen) atoms. The monoisotopic (exact) mass is 361 g/mol. The minimum absolute atomic E-state index is 0.186. The Kier molecular flexibility index (Phi) is 7.17. The lowest BCUT2D eigenvalue weighted by Gasteiger charge is -2.31. The highest BCUT2D eigenvalue weighted by Gasteiger charge is 2.39. The number of hydrogen-bond donors (Lipinski definition) is 1. The van der Waals surface area contributed by atoms with Crippen LogP contribution in [0.3, 0.4) is 0 Å². The van der Waals surface area contributed by atoms with Crippen LogP contribution in [0.15, 0.2) is 24.3 Å². The Labute approximate surface area is 156 Å². The van der Waals surface area contributed by atoms with Crippen LogP contribution in [0.1, 0.15) is 26.3 Å². The van der Waals surface area contributed by atoms with Gasteiger partial charge in [0.2, 0.25) is 11.8 Å². The number of rotatable bonds is 7. The molecule has 1 fully saturated rings. The van der Waals surface area contributed by atoms with Crippen LogP contribution < -0.4 is 10.2 Å². The Bertz CT molecular complexity index is 624. The summed E-state index contributed by atoms with van der Waals surface area (Å²) in [6.45, 7) is 12.4. The zero-order valence-electron chi connectivity index (χ0n) is 16.4. The molecule has 0 unspecified atom stereocenters. The van der Waals surface area contributed by atoms with E-state index in [1.165, 1.54) is 0 Å². The lowest BCUT2D eigenvalue weighted by Crippen LogP contribution is -2.51. The van der Waals surface area contributed by atoms with E-state index >= 15 is 0 Å². The number of aryl methyl sites for hydroxylation is 1. The van der Waals surface area contributed by atoms with Gasteiger partial charge in [0.25, 0.3) is 0 Å². The van der Waals surface area contributed by atoms with Gasteiger partial charge in [-0.1, -0.05) is 12.1 Å². The molecule has 6 nitrogen and oxygen atoms in total. The van der Waals surface area contributed by atoms with Crippen LogP contribution in [0.5, 0.6) is 0 Å². The molecule has 1 aliphatic rings. The summed E-state index contributed by atoms with van der Waals surface area (Å²) in [5, 5.41) is 2.92. The van der Waals surface area contributed by atoms with Crippen molar-refractivity contribution >= 4 is 17.5 Å². The van der Waals surface area contributed by atoms with Crippen molar-refractivity contribution in [2.75, 3.05) is 50.8 Å². The van der Waals surface area contributed by atoms with Gasteiger partial charge in [0.15, 0.2) is 0 Å². The fourth-order valence-electron chi connectivity index (χ4n) is 3.05. The minimum atomic E-state index is -1.12. The second kappa shape index (κ2) is 9.14. The van der Waals surface area contributed by atoms with E-state index in [1.54, 1.807) is 18.7 Å². The molecular formula is C20H31N3O3. The smallest absolute Gasteiger partial charge is 0.242 e. The first-order chi connectivity index (χ1) is 12.4. The Morgan fingerprint density at radius 3 is 2.58 bits per heavy atom. The van der Waals surface area contributed by atoms with Gasteiger partial charge in [-0.25, -0.2) is 0 Å². The first-order valence-corrected chi connectivity index (χ1v) is 9.33. The van der Waals surface area contributed by atoms with Crippen molar-refractivity contribution in [2.45, 2.75) is 27.7 Å². The van der Waals surface area contributed by atoms with E-state index in [4.69, 9.17) is 4.74 Å². The molecule has 2 amide bonds. The van der Waals surface area contributed by atoms with Gasteiger partial charge in [-0.3, -0.25) is 14.5 Å². The molecule has 0 spiro atoms. The quantitative estimate of drug-likeness (QED) is 0.753. The minimum Gasteiger partial charge on any atom is -0.379 e. The summed E-state index contributed by atoms with van der Waals surface area (Å²) in [5.41, 5.74) is 0.790. The molecule has 0 aliphatic carbocycles. The van der Waals surface area contributed by atoms with Gasteiger partial charge in [0.1, 0.15) is 5.41 Å². The molecular weight excluding hydrogens is 330 g/mol. The van der Waals surface area contributed by atoms with Crippen molar-refractivity contribution in [1.82, 2.24) is 10.2 Å². The molecule has 1 heterocycles.